The molecule has 0 spiro atoms. The highest BCUT2D eigenvalue weighted by Crippen LogP contribution is 2.35. The Bertz CT molecular complexity index is 1050. The molecule has 0 aliphatic rings. The van der Waals surface area contributed by atoms with Crippen molar-refractivity contribution >= 4 is 46.4 Å². The van der Waals surface area contributed by atoms with Crippen molar-refractivity contribution in [1.82, 2.24) is 0 Å². The lowest BCUT2D eigenvalue weighted by atomic mass is 10.1. The first-order chi connectivity index (χ1) is 13.2. The molecule has 0 radical (unpaired) electrons. The Hall–Kier alpha value is -2.28. The molecule has 2 nitrogen and oxygen atoms in total. The Morgan fingerprint density at radius 3 is 2.29 bits per heavy atom. The van der Waals surface area contributed by atoms with Gasteiger partial charge in [-0.1, -0.05) is 35.3 Å². The normalized spacial score (nSPS) is 11.9. The van der Waals surface area contributed by atoms with E-state index in [-0.39, 0.29) is 21.6 Å². The van der Waals surface area contributed by atoms with Gasteiger partial charge in [-0.3, -0.25) is 4.79 Å². The van der Waals surface area contributed by atoms with E-state index in [1.54, 1.807) is 12.1 Å². The fourth-order valence-electron chi connectivity index (χ4n) is 2.38. The fourth-order valence-corrected chi connectivity index (χ4v) is 3.71. The number of allylic oxidation sites excluding steroid dienone is 1. The van der Waals surface area contributed by atoms with Gasteiger partial charge in [0.1, 0.15) is 10.8 Å². The Morgan fingerprint density at radius 2 is 1.64 bits per heavy atom. The van der Waals surface area contributed by atoms with Crippen molar-refractivity contribution in [2.24, 2.45) is 0 Å². The minimum absolute atomic E-state index is 0.00280. The van der Waals surface area contributed by atoms with E-state index < -0.39 is 11.7 Å². The molecular formula is C20H11Cl2F3O2S. The van der Waals surface area contributed by atoms with E-state index in [1.165, 1.54) is 47.8 Å². The average Bonchev–Trinajstić information content (AvgIpc) is 3.15. The van der Waals surface area contributed by atoms with Crippen molar-refractivity contribution in [3.63, 3.8) is 0 Å². The maximum atomic E-state index is 12.7. The fraction of sp³-hybridized carbons (Fsp3) is 0.0500. The molecule has 0 bridgehead atoms. The molecule has 1 aromatic heterocycles. The molecular weight excluding hydrogens is 432 g/mol. The topological polar surface area (TPSA) is 37.3 Å². The summed E-state index contributed by atoms with van der Waals surface area (Å²) in [5.74, 6) is -0.446. The van der Waals surface area contributed by atoms with Gasteiger partial charge in [-0.2, -0.15) is 13.2 Å². The van der Waals surface area contributed by atoms with Crippen molar-refractivity contribution in [3.8, 4) is 16.2 Å². The third-order valence-electron chi connectivity index (χ3n) is 3.85. The monoisotopic (exact) mass is 442 g/mol. The van der Waals surface area contributed by atoms with Gasteiger partial charge in [-0.25, -0.2) is 0 Å². The van der Waals surface area contributed by atoms with Crippen LogP contribution in [0.5, 0.6) is 5.75 Å². The molecule has 0 unspecified atom stereocenters. The molecule has 0 atom stereocenters. The standard InChI is InChI=1S/C20H11Cl2F3O2S/c21-18-12(4-8-15(27)19(18)22)3-7-14(26)17-10-9-16(28-17)11-1-5-13(6-2-11)20(23,24)25/h1-10,27H. The van der Waals surface area contributed by atoms with Crippen LogP contribution in [0.4, 0.5) is 13.2 Å². The number of hydrogen-bond donors (Lipinski definition) is 1. The van der Waals surface area contributed by atoms with E-state index in [4.69, 9.17) is 23.2 Å². The zero-order chi connectivity index (χ0) is 20.5. The van der Waals surface area contributed by atoms with Crippen LogP contribution in [0.15, 0.2) is 54.6 Å². The van der Waals surface area contributed by atoms with Crippen molar-refractivity contribution in [2.75, 3.05) is 0 Å². The van der Waals surface area contributed by atoms with Crippen LogP contribution in [0, 0.1) is 0 Å². The van der Waals surface area contributed by atoms with Crippen LogP contribution < -0.4 is 0 Å². The lowest BCUT2D eigenvalue weighted by Crippen LogP contribution is -2.03. The Balaban J connectivity index is 1.78. The number of phenols is 1. The third kappa shape index (κ3) is 4.41. The average molecular weight is 443 g/mol. The number of ketones is 1. The second-order valence-electron chi connectivity index (χ2n) is 5.74. The minimum Gasteiger partial charge on any atom is -0.506 e. The predicted molar refractivity (Wildman–Crippen MR) is 106 cm³/mol. The molecule has 28 heavy (non-hydrogen) atoms. The first-order valence-electron chi connectivity index (χ1n) is 7.83. The molecule has 2 aromatic carbocycles. The van der Waals surface area contributed by atoms with Gasteiger partial charge in [0.2, 0.25) is 0 Å². The van der Waals surface area contributed by atoms with Crippen molar-refractivity contribution in [2.45, 2.75) is 6.18 Å². The maximum Gasteiger partial charge on any atom is 0.416 e. The number of hydrogen-bond acceptors (Lipinski definition) is 3. The number of rotatable bonds is 4. The number of alkyl halides is 3. The van der Waals surface area contributed by atoms with Gasteiger partial charge >= 0.3 is 6.18 Å². The number of thiophene rings is 1. The highest BCUT2D eigenvalue weighted by atomic mass is 35.5. The van der Waals surface area contributed by atoms with Crippen LogP contribution in [0.3, 0.4) is 0 Å². The molecule has 0 aliphatic heterocycles. The third-order valence-corrected chi connectivity index (χ3v) is 5.89. The number of phenolic OH excluding ortho intramolecular Hbond substituents is 1. The van der Waals surface area contributed by atoms with Crippen molar-refractivity contribution in [3.05, 3.63) is 80.7 Å². The molecule has 0 fully saturated rings. The van der Waals surface area contributed by atoms with Gasteiger partial charge in [0.05, 0.1) is 15.5 Å². The predicted octanol–water partition coefficient (Wildman–Crippen LogP) is 7.34. The summed E-state index contributed by atoms with van der Waals surface area (Å²) in [6, 6.07) is 10.9. The van der Waals surface area contributed by atoms with Crippen LogP contribution >= 0.6 is 34.5 Å². The van der Waals surface area contributed by atoms with Crippen LogP contribution in [0.25, 0.3) is 16.5 Å². The summed E-state index contributed by atoms with van der Waals surface area (Å²) in [6.07, 6.45) is -1.59. The lowest BCUT2D eigenvalue weighted by molar-refractivity contribution is -0.137. The number of carbonyl (C=O) groups excluding carboxylic acids is 1. The number of aromatic hydroxyl groups is 1. The quantitative estimate of drug-likeness (QED) is 0.338. The number of carbonyl (C=O) groups is 1. The van der Waals surface area contributed by atoms with E-state index in [0.717, 1.165) is 12.1 Å². The number of benzene rings is 2. The first kappa shape index (κ1) is 20.5. The molecule has 0 amide bonds. The number of halogens is 5. The second-order valence-corrected chi connectivity index (χ2v) is 7.58. The van der Waals surface area contributed by atoms with E-state index in [0.29, 0.717) is 20.9 Å². The first-order valence-corrected chi connectivity index (χ1v) is 9.41. The van der Waals surface area contributed by atoms with Crippen LogP contribution in [-0.4, -0.2) is 10.9 Å². The van der Waals surface area contributed by atoms with Crippen LogP contribution in [-0.2, 0) is 6.18 Å². The van der Waals surface area contributed by atoms with Gasteiger partial charge in [0.15, 0.2) is 5.78 Å². The van der Waals surface area contributed by atoms with Gasteiger partial charge in [0.25, 0.3) is 0 Å². The minimum atomic E-state index is -4.39. The van der Waals surface area contributed by atoms with Gasteiger partial charge < -0.3 is 5.11 Å². The van der Waals surface area contributed by atoms with Crippen LogP contribution in [0.2, 0.25) is 10.0 Å². The molecule has 0 saturated carbocycles. The van der Waals surface area contributed by atoms with Gasteiger partial charge in [0, 0.05) is 4.88 Å². The summed E-state index contributed by atoms with van der Waals surface area (Å²) >= 11 is 13.1. The largest absolute Gasteiger partial charge is 0.506 e. The summed E-state index contributed by atoms with van der Waals surface area (Å²) in [7, 11) is 0. The molecule has 1 heterocycles. The smallest absolute Gasteiger partial charge is 0.416 e. The highest BCUT2D eigenvalue weighted by Gasteiger charge is 2.30. The SMILES string of the molecule is O=C(C=Cc1ccc(O)c(Cl)c1Cl)c1ccc(-c2ccc(C(F)(F)F)cc2)s1. The molecule has 3 aromatic rings. The molecule has 0 aliphatic carbocycles. The summed E-state index contributed by atoms with van der Waals surface area (Å²) in [6.45, 7) is 0. The molecule has 8 heteroatoms. The van der Waals surface area contributed by atoms with E-state index in [9.17, 15) is 23.1 Å². The second kappa shape index (κ2) is 7.99. The van der Waals surface area contributed by atoms with Crippen molar-refractivity contribution < 1.29 is 23.1 Å². The lowest BCUT2D eigenvalue weighted by Gasteiger charge is -2.06. The molecule has 144 valence electrons. The summed E-state index contributed by atoms with van der Waals surface area (Å²) < 4.78 is 38.0. The summed E-state index contributed by atoms with van der Waals surface area (Å²) in [5.41, 5.74) is 0.336. The van der Waals surface area contributed by atoms with Gasteiger partial charge in [-0.05, 0) is 59.7 Å². The Morgan fingerprint density at radius 1 is 0.964 bits per heavy atom. The highest BCUT2D eigenvalue weighted by molar-refractivity contribution is 7.17. The molecule has 3 rings (SSSR count). The van der Waals surface area contributed by atoms with E-state index in [1.807, 2.05) is 0 Å². The summed E-state index contributed by atoms with van der Waals surface area (Å²) in [5, 5.41) is 9.61. The Kier molecular flexibility index (Phi) is 5.84. The maximum absolute atomic E-state index is 12.7. The zero-order valence-electron chi connectivity index (χ0n) is 13.9. The molecule has 1 N–H and O–H groups in total. The van der Waals surface area contributed by atoms with Crippen LogP contribution in [0.1, 0.15) is 20.8 Å². The zero-order valence-corrected chi connectivity index (χ0v) is 16.3. The molecule has 0 saturated heterocycles. The Labute approximate surface area is 172 Å². The van der Waals surface area contributed by atoms with Gasteiger partial charge in [-0.15, -0.1) is 11.3 Å². The van der Waals surface area contributed by atoms with Crippen molar-refractivity contribution in [1.29, 1.82) is 0 Å². The summed E-state index contributed by atoms with van der Waals surface area (Å²) in [4.78, 5) is 13.5. The van der Waals surface area contributed by atoms with E-state index in [2.05, 4.69) is 0 Å². The van der Waals surface area contributed by atoms with E-state index >= 15 is 0 Å².